The number of carboxylic acids is 1. The summed E-state index contributed by atoms with van der Waals surface area (Å²) >= 11 is 0. The highest BCUT2D eigenvalue weighted by Gasteiger charge is 2.37. The standard InChI is InChI=1S/C12H15F2NO2/c1-4-15-12(3,11(16)17)8-6-9(13)7(2)5-10(8)14/h5-6,15H,4H2,1-3H3,(H,16,17). The molecule has 94 valence electrons. The summed E-state index contributed by atoms with van der Waals surface area (Å²) in [7, 11) is 0. The number of aliphatic carboxylic acids is 1. The van der Waals surface area contributed by atoms with Crippen LogP contribution in [0.3, 0.4) is 0 Å². The van der Waals surface area contributed by atoms with E-state index >= 15 is 0 Å². The van der Waals surface area contributed by atoms with E-state index in [9.17, 15) is 13.6 Å². The van der Waals surface area contributed by atoms with Crippen LogP contribution < -0.4 is 5.32 Å². The molecule has 1 unspecified atom stereocenters. The number of carbonyl (C=O) groups is 1. The Balaban J connectivity index is 3.38. The third kappa shape index (κ3) is 2.44. The van der Waals surface area contributed by atoms with Gasteiger partial charge < -0.3 is 5.11 Å². The molecule has 0 radical (unpaired) electrons. The summed E-state index contributed by atoms with van der Waals surface area (Å²) in [5.74, 6) is -2.59. The van der Waals surface area contributed by atoms with Crippen molar-refractivity contribution in [3.8, 4) is 0 Å². The van der Waals surface area contributed by atoms with Gasteiger partial charge in [-0.2, -0.15) is 0 Å². The third-order valence-electron chi connectivity index (χ3n) is 2.75. The molecule has 0 saturated heterocycles. The highest BCUT2D eigenvalue weighted by Crippen LogP contribution is 2.26. The van der Waals surface area contributed by atoms with Crippen LogP contribution in [0.5, 0.6) is 0 Å². The lowest BCUT2D eigenvalue weighted by atomic mass is 9.90. The fourth-order valence-corrected chi connectivity index (χ4v) is 1.67. The Hall–Kier alpha value is -1.49. The predicted molar refractivity (Wildman–Crippen MR) is 59.8 cm³/mol. The van der Waals surface area contributed by atoms with Crippen molar-refractivity contribution >= 4 is 5.97 Å². The van der Waals surface area contributed by atoms with Crippen LogP contribution in [0.25, 0.3) is 0 Å². The van der Waals surface area contributed by atoms with Crippen LogP contribution in [0.1, 0.15) is 25.0 Å². The van der Waals surface area contributed by atoms with Gasteiger partial charge in [-0.1, -0.05) is 6.92 Å². The first-order valence-corrected chi connectivity index (χ1v) is 5.27. The second-order valence-corrected chi connectivity index (χ2v) is 4.04. The number of hydrogen-bond acceptors (Lipinski definition) is 2. The molecule has 0 spiro atoms. The molecule has 3 nitrogen and oxygen atoms in total. The van der Waals surface area contributed by atoms with Crippen molar-refractivity contribution in [2.45, 2.75) is 26.3 Å². The van der Waals surface area contributed by atoms with Crippen molar-refractivity contribution in [2.24, 2.45) is 0 Å². The highest BCUT2D eigenvalue weighted by atomic mass is 19.1. The topological polar surface area (TPSA) is 49.3 Å². The number of nitrogens with one attached hydrogen (secondary N) is 1. The van der Waals surface area contributed by atoms with Gasteiger partial charge in [0.05, 0.1) is 0 Å². The van der Waals surface area contributed by atoms with Gasteiger partial charge in [0.25, 0.3) is 0 Å². The normalized spacial score (nSPS) is 14.4. The first-order valence-electron chi connectivity index (χ1n) is 5.27. The molecule has 1 rings (SSSR count). The summed E-state index contributed by atoms with van der Waals surface area (Å²) in [5, 5.41) is 11.8. The lowest BCUT2D eigenvalue weighted by Gasteiger charge is -2.27. The minimum Gasteiger partial charge on any atom is -0.480 e. The van der Waals surface area contributed by atoms with Crippen molar-refractivity contribution < 1.29 is 18.7 Å². The van der Waals surface area contributed by atoms with Gasteiger partial charge in [0.15, 0.2) is 0 Å². The summed E-state index contributed by atoms with van der Waals surface area (Å²) in [4.78, 5) is 11.2. The molecular formula is C12H15F2NO2. The van der Waals surface area contributed by atoms with Crippen molar-refractivity contribution in [1.82, 2.24) is 5.32 Å². The molecule has 0 aliphatic carbocycles. The zero-order valence-electron chi connectivity index (χ0n) is 9.97. The Morgan fingerprint density at radius 3 is 2.47 bits per heavy atom. The molecule has 0 aliphatic rings. The summed E-state index contributed by atoms with van der Waals surface area (Å²) in [5.41, 5.74) is -1.68. The number of aryl methyl sites for hydroxylation is 1. The molecule has 1 atom stereocenters. The van der Waals surface area contributed by atoms with Crippen molar-refractivity contribution in [2.75, 3.05) is 6.54 Å². The van der Waals surface area contributed by atoms with E-state index < -0.39 is 23.1 Å². The molecule has 0 amide bonds. The summed E-state index contributed by atoms with van der Waals surface area (Å²) in [6.45, 7) is 4.76. The largest absolute Gasteiger partial charge is 0.480 e. The summed E-state index contributed by atoms with van der Waals surface area (Å²) < 4.78 is 27.1. The highest BCUT2D eigenvalue weighted by molar-refractivity contribution is 5.80. The first-order chi connectivity index (χ1) is 7.82. The van der Waals surface area contributed by atoms with Gasteiger partial charge >= 0.3 is 5.97 Å². The fraction of sp³-hybridized carbons (Fsp3) is 0.417. The molecule has 0 aliphatic heterocycles. The number of hydrogen-bond donors (Lipinski definition) is 2. The van der Waals surface area contributed by atoms with Gasteiger partial charge in [0.1, 0.15) is 17.2 Å². The van der Waals surface area contributed by atoms with Gasteiger partial charge in [0, 0.05) is 5.56 Å². The molecule has 0 bridgehead atoms. The van der Waals surface area contributed by atoms with Crippen LogP contribution in [0, 0.1) is 18.6 Å². The molecular weight excluding hydrogens is 228 g/mol. The Labute approximate surface area is 98.5 Å². The maximum atomic E-state index is 13.7. The maximum Gasteiger partial charge on any atom is 0.328 e. The van der Waals surface area contributed by atoms with E-state index in [-0.39, 0.29) is 11.1 Å². The number of rotatable bonds is 4. The van der Waals surface area contributed by atoms with E-state index in [1.807, 2.05) is 0 Å². The van der Waals surface area contributed by atoms with Crippen molar-refractivity contribution in [3.05, 3.63) is 34.9 Å². The molecule has 0 heterocycles. The lowest BCUT2D eigenvalue weighted by Crippen LogP contribution is -2.47. The molecule has 2 N–H and O–H groups in total. The van der Waals surface area contributed by atoms with Crippen LogP contribution in [-0.4, -0.2) is 17.6 Å². The maximum absolute atomic E-state index is 13.7. The predicted octanol–water partition coefficient (Wildman–Crippen LogP) is 2.18. The van der Waals surface area contributed by atoms with Crippen LogP contribution >= 0.6 is 0 Å². The van der Waals surface area contributed by atoms with Crippen molar-refractivity contribution in [1.29, 1.82) is 0 Å². The van der Waals surface area contributed by atoms with E-state index in [4.69, 9.17) is 5.11 Å². The van der Waals surface area contributed by atoms with Gasteiger partial charge in [-0.25, -0.2) is 13.6 Å². The number of halogens is 2. The molecule has 5 heteroatoms. The van der Waals surface area contributed by atoms with E-state index in [2.05, 4.69) is 5.32 Å². The van der Waals surface area contributed by atoms with Gasteiger partial charge in [-0.15, -0.1) is 0 Å². The van der Waals surface area contributed by atoms with Gasteiger partial charge in [-0.3, -0.25) is 5.32 Å². The number of carboxylic acid groups (broad SMARTS) is 1. The Morgan fingerprint density at radius 2 is 2.00 bits per heavy atom. The van der Waals surface area contributed by atoms with Gasteiger partial charge in [-0.05, 0) is 38.1 Å². The van der Waals surface area contributed by atoms with Crippen LogP contribution in [-0.2, 0) is 10.3 Å². The molecule has 0 saturated carbocycles. The second-order valence-electron chi connectivity index (χ2n) is 4.04. The average molecular weight is 243 g/mol. The minimum absolute atomic E-state index is 0.149. The van der Waals surface area contributed by atoms with E-state index in [1.165, 1.54) is 13.8 Å². The fourth-order valence-electron chi connectivity index (χ4n) is 1.67. The van der Waals surface area contributed by atoms with E-state index in [0.717, 1.165) is 12.1 Å². The zero-order chi connectivity index (χ0) is 13.2. The first kappa shape index (κ1) is 13.6. The van der Waals surface area contributed by atoms with E-state index in [1.54, 1.807) is 6.92 Å². The lowest BCUT2D eigenvalue weighted by molar-refractivity contribution is -0.144. The Bertz CT molecular complexity index is 448. The third-order valence-corrected chi connectivity index (χ3v) is 2.75. The van der Waals surface area contributed by atoms with Gasteiger partial charge in [0.2, 0.25) is 0 Å². The molecule has 17 heavy (non-hydrogen) atoms. The molecule has 0 fully saturated rings. The number of benzene rings is 1. The number of likely N-dealkylation sites (N-methyl/N-ethyl adjacent to an activating group) is 1. The smallest absolute Gasteiger partial charge is 0.328 e. The second kappa shape index (κ2) is 4.79. The van der Waals surface area contributed by atoms with E-state index in [0.29, 0.717) is 6.54 Å². The van der Waals surface area contributed by atoms with Crippen LogP contribution in [0.4, 0.5) is 8.78 Å². The summed E-state index contributed by atoms with van der Waals surface area (Å²) in [6.07, 6.45) is 0. The average Bonchev–Trinajstić information content (AvgIpc) is 2.23. The molecule has 1 aromatic rings. The quantitative estimate of drug-likeness (QED) is 0.852. The van der Waals surface area contributed by atoms with Crippen LogP contribution in [0.15, 0.2) is 12.1 Å². The van der Waals surface area contributed by atoms with Crippen molar-refractivity contribution in [3.63, 3.8) is 0 Å². The monoisotopic (exact) mass is 243 g/mol. The summed E-state index contributed by atoms with van der Waals surface area (Å²) in [6, 6.07) is 1.94. The minimum atomic E-state index is -1.63. The zero-order valence-corrected chi connectivity index (χ0v) is 9.97. The van der Waals surface area contributed by atoms with Crippen LogP contribution in [0.2, 0.25) is 0 Å². The Kier molecular flexibility index (Phi) is 3.83. The SMILES string of the molecule is CCNC(C)(C(=O)O)c1cc(F)c(C)cc1F. The molecule has 1 aromatic carbocycles. The molecule has 0 aromatic heterocycles. The Morgan fingerprint density at radius 1 is 1.41 bits per heavy atom.